The lowest BCUT2D eigenvalue weighted by atomic mass is 10.2. The average molecular weight is 291 g/mol. The van der Waals surface area contributed by atoms with Crippen LogP contribution in [-0.2, 0) is 0 Å². The zero-order valence-electron chi connectivity index (χ0n) is 10.9. The van der Waals surface area contributed by atoms with Gasteiger partial charge in [0.2, 0.25) is 0 Å². The number of hydrogen-bond acceptors (Lipinski definition) is 4. The lowest BCUT2D eigenvalue weighted by molar-refractivity contribution is -0.119. The fourth-order valence-corrected chi connectivity index (χ4v) is 1.63. The van der Waals surface area contributed by atoms with E-state index < -0.39 is 25.2 Å². The van der Waals surface area contributed by atoms with Crippen LogP contribution in [0.3, 0.4) is 0 Å². The van der Waals surface area contributed by atoms with E-state index in [4.69, 9.17) is 5.11 Å². The molecule has 1 amide bonds. The molecule has 0 unspecified atom stereocenters. The van der Waals surface area contributed by atoms with Gasteiger partial charge in [-0.25, -0.2) is 0 Å². The molecule has 112 valence electrons. The van der Waals surface area contributed by atoms with Gasteiger partial charge in [-0.15, -0.1) is 0 Å². The molecule has 0 fully saturated rings. The SMILES string of the molecule is CCNC(=O)c1cc(N(CCO)CC(F)(F)F)ccn1. The van der Waals surface area contributed by atoms with Crippen molar-refractivity contribution in [2.24, 2.45) is 0 Å². The van der Waals surface area contributed by atoms with E-state index in [2.05, 4.69) is 10.3 Å². The van der Waals surface area contributed by atoms with E-state index >= 15 is 0 Å². The van der Waals surface area contributed by atoms with Gasteiger partial charge in [0, 0.05) is 25.0 Å². The molecule has 1 heterocycles. The van der Waals surface area contributed by atoms with Gasteiger partial charge in [0.05, 0.1) is 6.61 Å². The molecule has 20 heavy (non-hydrogen) atoms. The molecule has 0 saturated carbocycles. The highest BCUT2D eigenvalue weighted by Gasteiger charge is 2.31. The van der Waals surface area contributed by atoms with Gasteiger partial charge >= 0.3 is 6.18 Å². The van der Waals surface area contributed by atoms with E-state index in [-0.39, 0.29) is 17.9 Å². The Bertz CT molecular complexity index is 452. The van der Waals surface area contributed by atoms with Crippen molar-refractivity contribution in [1.82, 2.24) is 10.3 Å². The number of carbonyl (C=O) groups is 1. The van der Waals surface area contributed by atoms with E-state index in [9.17, 15) is 18.0 Å². The largest absolute Gasteiger partial charge is 0.405 e. The Kier molecular flexibility index (Phi) is 5.75. The first-order chi connectivity index (χ1) is 9.37. The van der Waals surface area contributed by atoms with Gasteiger partial charge in [-0.1, -0.05) is 0 Å². The minimum Gasteiger partial charge on any atom is -0.395 e. The third-order valence-corrected chi connectivity index (χ3v) is 2.42. The molecule has 1 aromatic rings. The molecule has 8 heteroatoms. The maximum Gasteiger partial charge on any atom is 0.405 e. The maximum atomic E-state index is 12.5. The van der Waals surface area contributed by atoms with Crippen LogP contribution in [0.25, 0.3) is 0 Å². The van der Waals surface area contributed by atoms with Gasteiger partial charge < -0.3 is 15.3 Å². The van der Waals surface area contributed by atoms with Gasteiger partial charge in [-0.05, 0) is 19.1 Å². The van der Waals surface area contributed by atoms with Crippen LogP contribution in [0, 0.1) is 0 Å². The number of nitrogens with zero attached hydrogens (tertiary/aromatic N) is 2. The lowest BCUT2D eigenvalue weighted by Crippen LogP contribution is -2.36. The Hall–Kier alpha value is -1.83. The summed E-state index contributed by atoms with van der Waals surface area (Å²) in [5, 5.41) is 11.4. The van der Waals surface area contributed by atoms with Crippen LogP contribution in [0.15, 0.2) is 18.3 Å². The lowest BCUT2D eigenvalue weighted by Gasteiger charge is -2.25. The van der Waals surface area contributed by atoms with Crippen molar-refractivity contribution in [2.75, 3.05) is 31.1 Å². The number of nitrogens with one attached hydrogen (secondary N) is 1. The maximum absolute atomic E-state index is 12.5. The van der Waals surface area contributed by atoms with Crippen molar-refractivity contribution in [3.8, 4) is 0 Å². The number of amides is 1. The summed E-state index contributed by atoms with van der Waals surface area (Å²) < 4.78 is 37.4. The molecule has 0 aliphatic carbocycles. The number of rotatable bonds is 6. The topological polar surface area (TPSA) is 65.5 Å². The van der Waals surface area contributed by atoms with Crippen molar-refractivity contribution in [1.29, 1.82) is 0 Å². The smallest absolute Gasteiger partial charge is 0.395 e. The van der Waals surface area contributed by atoms with E-state index in [0.29, 0.717) is 6.54 Å². The number of alkyl halides is 3. The minimum absolute atomic E-state index is 0.0365. The molecule has 0 aliphatic rings. The molecule has 0 bridgehead atoms. The number of aromatic nitrogens is 1. The second-order valence-corrected chi connectivity index (χ2v) is 4.02. The van der Waals surface area contributed by atoms with Gasteiger partial charge in [0.25, 0.3) is 5.91 Å². The van der Waals surface area contributed by atoms with Crippen LogP contribution in [0.4, 0.5) is 18.9 Å². The Morgan fingerprint density at radius 1 is 1.50 bits per heavy atom. The molecule has 1 aromatic heterocycles. The molecule has 0 spiro atoms. The minimum atomic E-state index is -4.40. The van der Waals surface area contributed by atoms with Crippen LogP contribution in [0.5, 0.6) is 0 Å². The normalized spacial score (nSPS) is 11.2. The second kappa shape index (κ2) is 7.09. The monoisotopic (exact) mass is 291 g/mol. The number of anilines is 1. The van der Waals surface area contributed by atoms with E-state index in [1.54, 1.807) is 6.92 Å². The van der Waals surface area contributed by atoms with Crippen molar-refractivity contribution >= 4 is 11.6 Å². The number of pyridine rings is 1. The first-order valence-corrected chi connectivity index (χ1v) is 6.04. The van der Waals surface area contributed by atoms with Gasteiger partial charge in [0.1, 0.15) is 12.2 Å². The molecule has 0 radical (unpaired) electrons. The summed E-state index contributed by atoms with van der Waals surface area (Å²) in [4.78, 5) is 16.4. The first-order valence-electron chi connectivity index (χ1n) is 6.04. The summed E-state index contributed by atoms with van der Waals surface area (Å²) in [6, 6.07) is 2.64. The predicted octanol–water partition coefficient (Wildman–Crippen LogP) is 1.19. The second-order valence-electron chi connectivity index (χ2n) is 4.02. The number of carbonyl (C=O) groups excluding carboxylic acids is 1. The molecule has 0 saturated heterocycles. The number of hydrogen-bond donors (Lipinski definition) is 2. The molecular weight excluding hydrogens is 275 g/mol. The fraction of sp³-hybridized carbons (Fsp3) is 0.500. The molecule has 1 rings (SSSR count). The zero-order valence-corrected chi connectivity index (χ0v) is 10.9. The van der Waals surface area contributed by atoms with Crippen molar-refractivity contribution in [3.05, 3.63) is 24.0 Å². The zero-order chi connectivity index (χ0) is 15.2. The third kappa shape index (κ3) is 5.04. The van der Waals surface area contributed by atoms with Gasteiger partial charge in [0.15, 0.2) is 0 Å². The van der Waals surface area contributed by atoms with Crippen molar-refractivity contribution < 1.29 is 23.1 Å². The number of halogens is 3. The fourth-order valence-electron chi connectivity index (χ4n) is 1.63. The molecule has 2 N–H and O–H groups in total. The third-order valence-electron chi connectivity index (χ3n) is 2.42. The standard InChI is InChI=1S/C12H16F3N3O2/c1-2-16-11(20)10-7-9(3-4-17-10)18(5-6-19)8-12(13,14)15/h3-4,7,19H,2,5-6,8H2,1H3,(H,16,20). The highest BCUT2D eigenvalue weighted by molar-refractivity contribution is 5.93. The Balaban J connectivity index is 2.96. The van der Waals surface area contributed by atoms with Crippen LogP contribution < -0.4 is 10.2 Å². The number of aliphatic hydroxyl groups excluding tert-OH is 1. The Labute approximate surface area is 114 Å². The first kappa shape index (κ1) is 16.2. The Morgan fingerprint density at radius 3 is 2.75 bits per heavy atom. The van der Waals surface area contributed by atoms with E-state index in [1.165, 1.54) is 18.3 Å². The summed E-state index contributed by atoms with van der Waals surface area (Å²) in [6.45, 7) is 0.316. The molecular formula is C12H16F3N3O2. The summed E-state index contributed by atoms with van der Waals surface area (Å²) in [5.74, 6) is -0.453. The van der Waals surface area contributed by atoms with Crippen LogP contribution in [-0.4, -0.2) is 48.4 Å². The highest BCUT2D eigenvalue weighted by atomic mass is 19.4. The summed E-state index contributed by atoms with van der Waals surface area (Å²) in [6.07, 6.45) is -3.13. The average Bonchev–Trinajstić information content (AvgIpc) is 2.37. The predicted molar refractivity (Wildman–Crippen MR) is 67.6 cm³/mol. The van der Waals surface area contributed by atoms with E-state index in [1.807, 2.05) is 0 Å². The van der Waals surface area contributed by atoms with Crippen LogP contribution in [0.2, 0.25) is 0 Å². The summed E-state index contributed by atoms with van der Waals surface area (Å²) in [5.41, 5.74) is 0.224. The summed E-state index contributed by atoms with van der Waals surface area (Å²) in [7, 11) is 0. The van der Waals surface area contributed by atoms with Crippen molar-refractivity contribution in [2.45, 2.75) is 13.1 Å². The highest BCUT2D eigenvalue weighted by Crippen LogP contribution is 2.22. The number of aliphatic hydroxyl groups is 1. The molecule has 0 aromatic carbocycles. The van der Waals surface area contributed by atoms with Crippen LogP contribution >= 0.6 is 0 Å². The Morgan fingerprint density at radius 2 is 2.20 bits per heavy atom. The van der Waals surface area contributed by atoms with Crippen molar-refractivity contribution in [3.63, 3.8) is 0 Å². The molecule has 0 aliphatic heterocycles. The quantitative estimate of drug-likeness (QED) is 0.826. The van der Waals surface area contributed by atoms with Crippen LogP contribution in [0.1, 0.15) is 17.4 Å². The molecule has 0 atom stereocenters. The van der Waals surface area contributed by atoms with Gasteiger partial charge in [-0.2, -0.15) is 13.2 Å². The molecule has 5 nitrogen and oxygen atoms in total. The summed E-state index contributed by atoms with van der Waals surface area (Å²) >= 11 is 0. The van der Waals surface area contributed by atoms with Gasteiger partial charge in [-0.3, -0.25) is 9.78 Å². The van der Waals surface area contributed by atoms with E-state index in [0.717, 1.165) is 4.90 Å².